The van der Waals surface area contributed by atoms with Gasteiger partial charge in [0.1, 0.15) is 11.2 Å². The van der Waals surface area contributed by atoms with Crippen molar-refractivity contribution in [1.29, 1.82) is 0 Å². The second-order valence-electron chi connectivity index (χ2n) is 6.95. The molecule has 0 aliphatic heterocycles. The van der Waals surface area contributed by atoms with E-state index in [1.165, 1.54) is 0 Å². The third-order valence-electron chi connectivity index (χ3n) is 5.15. The lowest BCUT2D eigenvalue weighted by Crippen LogP contribution is -2.42. The number of amides is 2. The normalized spacial score (nSPS) is 13.9. The molecule has 3 rings (SSSR count). The first kappa shape index (κ1) is 20.5. The first-order chi connectivity index (χ1) is 14.0. The Morgan fingerprint density at radius 3 is 2.07 bits per heavy atom. The highest BCUT2D eigenvalue weighted by atomic mass is 16.5. The van der Waals surface area contributed by atoms with Crippen molar-refractivity contribution in [2.24, 2.45) is 5.41 Å². The van der Waals surface area contributed by atoms with Crippen LogP contribution in [0.4, 0.5) is 0 Å². The highest BCUT2D eigenvalue weighted by Gasteiger charge is 2.56. The van der Waals surface area contributed by atoms with Crippen LogP contribution in [-0.4, -0.2) is 33.1 Å². The molecule has 29 heavy (non-hydrogen) atoms. The van der Waals surface area contributed by atoms with Gasteiger partial charge in [-0.15, -0.1) is 0 Å². The second kappa shape index (κ2) is 8.86. The van der Waals surface area contributed by atoms with E-state index < -0.39 is 5.41 Å². The summed E-state index contributed by atoms with van der Waals surface area (Å²) in [5.41, 5.74) is 0.740. The summed E-state index contributed by atoms with van der Waals surface area (Å²) in [5.74, 6) is 1.40. The molecule has 0 spiro atoms. The average molecular weight is 398 g/mol. The Balaban J connectivity index is 1.58. The second-order valence-corrected chi connectivity index (χ2v) is 6.95. The monoisotopic (exact) mass is 398 g/mol. The summed E-state index contributed by atoms with van der Waals surface area (Å²) in [7, 11) is 4.72. The standard InChI is InChI=1S/C22H26N2O5/c1-27-17-7-5-4-6-16(17)14-24-21(26)22(10-11-22)20(25)23-13-15-8-9-18(28-2)19(12-15)29-3/h4-9,12H,10-11,13-14H2,1-3H3,(H,23,25)(H,24,26). The van der Waals surface area contributed by atoms with Crippen LogP contribution in [0.2, 0.25) is 0 Å². The van der Waals surface area contributed by atoms with Crippen LogP contribution in [0.5, 0.6) is 17.2 Å². The fraction of sp³-hybridized carbons (Fsp3) is 0.364. The maximum atomic E-state index is 12.7. The Hall–Kier alpha value is -3.22. The molecule has 0 bridgehead atoms. The molecule has 1 saturated carbocycles. The fourth-order valence-electron chi connectivity index (χ4n) is 3.22. The minimum absolute atomic E-state index is 0.256. The van der Waals surface area contributed by atoms with Crippen molar-refractivity contribution >= 4 is 11.8 Å². The quantitative estimate of drug-likeness (QED) is 0.634. The summed E-state index contributed by atoms with van der Waals surface area (Å²) in [6.07, 6.45) is 1.09. The van der Waals surface area contributed by atoms with Crippen LogP contribution in [0.1, 0.15) is 24.0 Å². The van der Waals surface area contributed by atoms with E-state index in [1.54, 1.807) is 33.5 Å². The molecule has 0 radical (unpaired) electrons. The average Bonchev–Trinajstić information content (AvgIpc) is 3.57. The number of nitrogens with one attached hydrogen (secondary N) is 2. The van der Waals surface area contributed by atoms with Crippen LogP contribution in [0.25, 0.3) is 0 Å². The molecule has 1 aliphatic carbocycles. The lowest BCUT2D eigenvalue weighted by molar-refractivity contribution is -0.137. The summed E-state index contributed by atoms with van der Waals surface area (Å²) in [6, 6.07) is 12.9. The van der Waals surface area contributed by atoms with Crippen LogP contribution < -0.4 is 24.8 Å². The molecular formula is C22H26N2O5. The van der Waals surface area contributed by atoms with E-state index in [2.05, 4.69) is 10.6 Å². The number of methoxy groups -OCH3 is 3. The molecule has 1 fully saturated rings. The Bertz CT molecular complexity index is 893. The zero-order valence-corrected chi connectivity index (χ0v) is 16.9. The number of hydrogen-bond donors (Lipinski definition) is 2. The zero-order valence-electron chi connectivity index (χ0n) is 16.9. The van der Waals surface area contributed by atoms with Gasteiger partial charge in [0, 0.05) is 18.7 Å². The Labute approximate surface area is 170 Å². The molecule has 154 valence electrons. The minimum atomic E-state index is -0.988. The summed E-state index contributed by atoms with van der Waals surface area (Å²) < 4.78 is 15.8. The van der Waals surface area contributed by atoms with E-state index in [9.17, 15) is 9.59 Å². The molecule has 2 aromatic rings. The van der Waals surface area contributed by atoms with Crippen LogP contribution in [0.3, 0.4) is 0 Å². The predicted molar refractivity (Wildman–Crippen MR) is 108 cm³/mol. The van der Waals surface area contributed by atoms with E-state index in [0.29, 0.717) is 43.2 Å². The van der Waals surface area contributed by atoms with Crippen molar-refractivity contribution in [3.8, 4) is 17.2 Å². The third kappa shape index (κ3) is 4.45. The highest BCUT2D eigenvalue weighted by molar-refractivity contribution is 6.07. The molecule has 0 saturated heterocycles. The van der Waals surface area contributed by atoms with Gasteiger partial charge in [-0.2, -0.15) is 0 Å². The van der Waals surface area contributed by atoms with Gasteiger partial charge in [-0.3, -0.25) is 9.59 Å². The smallest absolute Gasteiger partial charge is 0.235 e. The van der Waals surface area contributed by atoms with Crippen LogP contribution in [-0.2, 0) is 22.7 Å². The number of benzene rings is 2. The van der Waals surface area contributed by atoms with Crippen LogP contribution >= 0.6 is 0 Å². The molecule has 0 unspecified atom stereocenters. The van der Waals surface area contributed by atoms with Gasteiger partial charge in [-0.1, -0.05) is 24.3 Å². The SMILES string of the molecule is COc1ccccc1CNC(=O)C1(C(=O)NCc2ccc(OC)c(OC)c2)CC1. The third-order valence-corrected chi connectivity index (χ3v) is 5.15. The van der Waals surface area contributed by atoms with Crippen LogP contribution in [0, 0.1) is 5.41 Å². The van der Waals surface area contributed by atoms with Crippen LogP contribution in [0.15, 0.2) is 42.5 Å². The molecule has 7 heteroatoms. The summed E-state index contributed by atoms with van der Waals surface area (Å²) in [5, 5.41) is 5.74. The Morgan fingerprint density at radius 1 is 0.828 bits per heavy atom. The van der Waals surface area contributed by atoms with Gasteiger partial charge in [0.15, 0.2) is 11.5 Å². The number of carbonyl (C=O) groups excluding carboxylic acids is 2. The van der Waals surface area contributed by atoms with E-state index >= 15 is 0 Å². The molecule has 0 aromatic heterocycles. The maximum absolute atomic E-state index is 12.7. The summed E-state index contributed by atoms with van der Waals surface area (Å²) in [4.78, 5) is 25.4. The lowest BCUT2D eigenvalue weighted by Gasteiger charge is -2.17. The van der Waals surface area contributed by atoms with Gasteiger partial charge in [0.25, 0.3) is 0 Å². The van der Waals surface area contributed by atoms with Crippen molar-refractivity contribution in [2.45, 2.75) is 25.9 Å². The van der Waals surface area contributed by atoms with Crippen molar-refractivity contribution in [3.63, 3.8) is 0 Å². The van der Waals surface area contributed by atoms with Gasteiger partial charge < -0.3 is 24.8 Å². The predicted octanol–water partition coefficient (Wildman–Crippen LogP) is 2.43. The number of ether oxygens (including phenoxy) is 3. The summed E-state index contributed by atoms with van der Waals surface area (Å²) >= 11 is 0. The number of hydrogen-bond acceptors (Lipinski definition) is 5. The number of rotatable bonds is 9. The van der Waals surface area contributed by atoms with E-state index in [0.717, 1.165) is 11.1 Å². The van der Waals surface area contributed by atoms with Gasteiger partial charge >= 0.3 is 0 Å². The Morgan fingerprint density at radius 2 is 1.45 bits per heavy atom. The molecular weight excluding hydrogens is 372 g/mol. The number of carbonyl (C=O) groups is 2. The molecule has 7 nitrogen and oxygen atoms in total. The summed E-state index contributed by atoms with van der Waals surface area (Å²) in [6.45, 7) is 0.619. The molecule has 0 heterocycles. The van der Waals surface area contributed by atoms with Gasteiger partial charge in [-0.05, 0) is 36.6 Å². The molecule has 2 N–H and O–H groups in total. The topological polar surface area (TPSA) is 85.9 Å². The molecule has 2 aromatic carbocycles. The highest BCUT2D eigenvalue weighted by Crippen LogP contribution is 2.46. The minimum Gasteiger partial charge on any atom is -0.496 e. The molecule has 0 atom stereocenters. The zero-order chi connectivity index (χ0) is 20.9. The van der Waals surface area contributed by atoms with E-state index in [-0.39, 0.29) is 11.8 Å². The number of para-hydroxylation sites is 1. The van der Waals surface area contributed by atoms with E-state index in [1.807, 2.05) is 30.3 Å². The lowest BCUT2D eigenvalue weighted by atomic mass is 10.0. The maximum Gasteiger partial charge on any atom is 0.235 e. The molecule has 2 amide bonds. The first-order valence-electron chi connectivity index (χ1n) is 9.43. The largest absolute Gasteiger partial charge is 0.496 e. The van der Waals surface area contributed by atoms with E-state index in [4.69, 9.17) is 14.2 Å². The Kier molecular flexibility index (Phi) is 6.26. The van der Waals surface area contributed by atoms with Crippen molar-refractivity contribution in [2.75, 3.05) is 21.3 Å². The first-order valence-corrected chi connectivity index (χ1v) is 9.43. The van der Waals surface area contributed by atoms with Crippen molar-refractivity contribution < 1.29 is 23.8 Å². The van der Waals surface area contributed by atoms with Crippen molar-refractivity contribution in [1.82, 2.24) is 10.6 Å². The van der Waals surface area contributed by atoms with Gasteiger partial charge in [0.05, 0.1) is 21.3 Å². The molecule has 1 aliphatic rings. The van der Waals surface area contributed by atoms with Crippen molar-refractivity contribution in [3.05, 3.63) is 53.6 Å². The van der Waals surface area contributed by atoms with Gasteiger partial charge in [-0.25, -0.2) is 0 Å². The van der Waals surface area contributed by atoms with Gasteiger partial charge in [0.2, 0.25) is 11.8 Å². The fourth-order valence-corrected chi connectivity index (χ4v) is 3.22.